The van der Waals surface area contributed by atoms with Gasteiger partial charge in [-0.25, -0.2) is 9.97 Å². The second-order valence-electron chi connectivity index (χ2n) is 11.0. The quantitative estimate of drug-likeness (QED) is 0.228. The Bertz CT molecular complexity index is 1420. The molecule has 1 amide bonds. The number of carbonyl (C=O) groups excluding carboxylic acids is 1. The normalized spacial score (nSPS) is 13.5. The highest BCUT2D eigenvalue weighted by Gasteiger charge is 2.31. The van der Waals surface area contributed by atoms with Crippen LogP contribution in [0.15, 0.2) is 61.2 Å². The zero-order chi connectivity index (χ0) is 33.5. The average molecular weight is 643 g/mol. The topological polar surface area (TPSA) is 112 Å². The molecule has 4 heterocycles. The van der Waals surface area contributed by atoms with E-state index >= 15 is 0 Å². The predicted molar refractivity (Wildman–Crippen MR) is 174 cm³/mol. The van der Waals surface area contributed by atoms with Gasteiger partial charge in [0.15, 0.2) is 11.6 Å². The number of nitrogens with zero attached hydrogens (tertiary/aromatic N) is 7. The molecule has 1 saturated heterocycles. The molecule has 10 nitrogen and oxygen atoms in total. The molecule has 1 atom stereocenters. The first-order chi connectivity index (χ1) is 22.1. The highest BCUT2D eigenvalue weighted by atomic mass is 19.4. The van der Waals surface area contributed by atoms with Crippen molar-refractivity contribution in [3.05, 3.63) is 66.7 Å². The van der Waals surface area contributed by atoms with Crippen molar-refractivity contribution in [3.63, 3.8) is 0 Å². The number of benzene rings is 1. The van der Waals surface area contributed by atoms with Gasteiger partial charge in [-0.15, -0.1) is 0 Å². The van der Waals surface area contributed by atoms with Crippen molar-refractivity contribution in [1.82, 2.24) is 34.5 Å². The molecular weight excluding hydrogens is 597 g/mol. The van der Waals surface area contributed by atoms with Crippen LogP contribution in [-0.2, 0) is 18.0 Å². The third kappa shape index (κ3) is 10.8. The minimum Gasteiger partial charge on any atom is -0.396 e. The fourth-order valence-electron chi connectivity index (χ4n) is 5.08. The van der Waals surface area contributed by atoms with Crippen LogP contribution in [0.1, 0.15) is 51.5 Å². The van der Waals surface area contributed by atoms with E-state index in [9.17, 15) is 18.0 Å². The summed E-state index contributed by atoms with van der Waals surface area (Å²) in [6.07, 6.45) is 7.80. The van der Waals surface area contributed by atoms with Gasteiger partial charge in [0.1, 0.15) is 0 Å². The lowest BCUT2D eigenvalue weighted by molar-refractivity contribution is -0.137. The highest BCUT2D eigenvalue weighted by Crippen LogP contribution is 2.33. The molecule has 0 spiro atoms. The van der Waals surface area contributed by atoms with Gasteiger partial charge >= 0.3 is 6.18 Å². The summed E-state index contributed by atoms with van der Waals surface area (Å²) >= 11 is 0. The SMILES string of the molecule is CCC[C@@H](CCO)N(C)CC.Cn1nc(NCC(=O)N2CCCC2)c2cc(C(F)(F)F)ccc21.c1cnc(-c2cccnc2)nc1. The lowest BCUT2D eigenvalue weighted by atomic mass is 10.1. The third-order valence-corrected chi connectivity index (χ3v) is 7.74. The maximum absolute atomic E-state index is 12.9. The number of alkyl halides is 3. The number of likely N-dealkylation sites (tertiary alicyclic amines) is 1. The Hall–Kier alpha value is -4.10. The number of hydrogen-bond acceptors (Lipinski definition) is 8. The lowest BCUT2D eigenvalue weighted by Crippen LogP contribution is -2.33. The summed E-state index contributed by atoms with van der Waals surface area (Å²) in [6, 6.07) is 9.65. The largest absolute Gasteiger partial charge is 0.416 e. The summed E-state index contributed by atoms with van der Waals surface area (Å²) < 4.78 is 40.1. The van der Waals surface area contributed by atoms with Crippen LogP contribution in [0.25, 0.3) is 22.3 Å². The van der Waals surface area contributed by atoms with Crippen LogP contribution in [0.3, 0.4) is 0 Å². The molecule has 0 aliphatic carbocycles. The van der Waals surface area contributed by atoms with E-state index in [0.717, 1.165) is 56.6 Å². The fraction of sp³-hybridized carbons (Fsp3) is 0.485. The Labute approximate surface area is 268 Å². The van der Waals surface area contributed by atoms with E-state index in [4.69, 9.17) is 5.11 Å². The monoisotopic (exact) mass is 642 g/mol. The lowest BCUT2D eigenvalue weighted by Gasteiger charge is -2.25. The van der Waals surface area contributed by atoms with Gasteiger partial charge in [-0.05, 0) is 75.7 Å². The molecule has 1 aliphatic heterocycles. The van der Waals surface area contributed by atoms with Crippen molar-refractivity contribution in [3.8, 4) is 11.4 Å². The summed E-state index contributed by atoms with van der Waals surface area (Å²) in [5.74, 6) is 0.944. The van der Waals surface area contributed by atoms with Crippen molar-refractivity contribution in [2.75, 3.05) is 45.2 Å². The summed E-state index contributed by atoms with van der Waals surface area (Å²) in [5, 5.41) is 16.2. The maximum Gasteiger partial charge on any atom is 0.416 e. The van der Waals surface area contributed by atoms with Crippen molar-refractivity contribution in [2.24, 2.45) is 7.05 Å². The molecule has 1 aliphatic rings. The van der Waals surface area contributed by atoms with Crippen LogP contribution in [0.5, 0.6) is 0 Å². The highest BCUT2D eigenvalue weighted by molar-refractivity contribution is 5.92. The Kier molecular flexibility index (Phi) is 14.3. The number of aliphatic hydroxyl groups is 1. The first kappa shape index (κ1) is 36.4. The van der Waals surface area contributed by atoms with Crippen molar-refractivity contribution < 1.29 is 23.1 Å². The molecule has 0 saturated carbocycles. The number of carbonyl (C=O) groups is 1. The summed E-state index contributed by atoms with van der Waals surface area (Å²) in [7, 11) is 3.78. The van der Waals surface area contributed by atoms with Gasteiger partial charge in [-0.3, -0.25) is 14.5 Å². The molecule has 0 radical (unpaired) electrons. The van der Waals surface area contributed by atoms with Crippen molar-refractivity contribution >= 4 is 22.6 Å². The summed E-state index contributed by atoms with van der Waals surface area (Å²) in [4.78, 5) is 28.3. The van der Waals surface area contributed by atoms with Gasteiger partial charge in [0.25, 0.3) is 0 Å². The molecular formula is C33H45F3N8O2. The Balaban J connectivity index is 0.000000211. The van der Waals surface area contributed by atoms with Crippen molar-refractivity contribution in [1.29, 1.82) is 0 Å². The van der Waals surface area contributed by atoms with E-state index in [2.05, 4.69) is 51.2 Å². The van der Waals surface area contributed by atoms with E-state index in [-0.39, 0.29) is 12.5 Å². The third-order valence-electron chi connectivity index (χ3n) is 7.74. The van der Waals surface area contributed by atoms with Crippen LogP contribution < -0.4 is 5.32 Å². The second kappa shape index (κ2) is 18.1. The number of aryl methyl sites for hydroxylation is 1. The molecule has 5 rings (SSSR count). The average Bonchev–Trinajstić information content (AvgIpc) is 3.72. The van der Waals surface area contributed by atoms with Gasteiger partial charge in [-0.1, -0.05) is 20.3 Å². The van der Waals surface area contributed by atoms with E-state index in [0.29, 0.717) is 35.2 Å². The smallest absolute Gasteiger partial charge is 0.396 e. The first-order valence-corrected chi connectivity index (χ1v) is 15.6. The van der Waals surface area contributed by atoms with Gasteiger partial charge in [0, 0.05) is 68.5 Å². The number of fused-ring (bicyclic) bond motifs is 1. The Morgan fingerprint density at radius 3 is 2.37 bits per heavy atom. The minimum absolute atomic E-state index is 0.0301. The standard InChI is InChI=1S/C15H17F3N4O.C9H7N3.C9H21NO/c1-21-12-5-4-10(15(16,17)18)8-11(12)14(20-21)19-9-13(23)22-6-2-3-7-22;1-3-8(7-10-4-1)9-11-5-2-6-12-9;1-4-6-9(7-8-11)10(3)5-2/h4-5,8H,2-3,6-7,9H2,1H3,(H,19,20);1-7H;9,11H,4-8H2,1-3H3/t;;9-/m..0/s1. The number of nitrogens with one attached hydrogen (secondary N) is 1. The molecule has 46 heavy (non-hydrogen) atoms. The second-order valence-corrected chi connectivity index (χ2v) is 11.0. The van der Waals surface area contributed by atoms with Crippen LogP contribution in [0, 0.1) is 0 Å². The van der Waals surface area contributed by atoms with Gasteiger partial charge in [0.2, 0.25) is 5.91 Å². The molecule has 250 valence electrons. The fourth-order valence-corrected chi connectivity index (χ4v) is 5.08. The van der Waals surface area contributed by atoms with Gasteiger partial charge in [-0.2, -0.15) is 18.3 Å². The predicted octanol–water partition coefficient (Wildman–Crippen LogP) is 5.65. The van der Waals surface area contributed by atoms with Crippen LogP contribution in [0.4, 0.5) is 19.0 Å². The Morgan fingerprint density at radius 1 is 1.07 bits per heavy atom. The number of aromatic nitrogens is 5. The zero-order valence-corrected chi connectivity index (χ0v) is 27.0. The van der Waals surface area contributed by atoms with Gasteiger partial charge < -0.3 is 20.2 Å². The molecule has 2 N–H and O–H groups in total. The van der Waals surface area contributed by atoms with Crippen LogP contribution in [0.2, 0.25) is 0 Å². The van der Waals surface area contributed by atoms with Gasteiger partial charge in [0.05, 0.1) is 17.6 Å². The molecule has 4 aromatic rings. The first-order valence-electron chi connectivity index (χ1n) is 15.6. The summed E-state index contributed by atoms with van der Waals surface area (Å²) in [5.41, 5.74) is 0.791. The number of aliphatic hydroxyl groups excluding tert-OH is 1. The number of hydrogen-bond donors (Lipinski definition) is 2. The molecule has 1 aromatic carbocycles. The molecule has 13 heteroatoms. The summed E-state index contributed by atoms with van der Waals surface area (Å²) in [6.45, 7) is 7.24. The number of pyridine rings is 1. The van der Waals surface area contributed by atoms with E-state index in [1.54, 1.807) is 42.8 Å². The van der Waals surface area contributed by atoms with Crippen LogP contribution in [-0.4, -0.2) is 91.4 Å². The van der Waals surface area contributed by atoms with Crippen molar-refractivity contribution in [2.45, 2.75) is 58.2 Å². The number of anilines is 1. The number of halogens is 3. The minimum atomic E-state index is -4.41. The van der Waals surface area contributed by atoms with E-state index in [1.165, 1.54) is 23.6 Å². The molecule has 1 fully saturated rings. The molecule has 0 bridgehead atoms. The molecule has 0 unspecified atom stereocenters. The zero-order valence-electron chi connectivity index (χ0n) is 27.0. The molecule has 3 aromatic heterocycles. The Morgan fingerprint density at radius 2 is 1.78 bits per heavy atom. The van der Waals surface area contributed by atoms with E-state index in [1.807, 2.05) is 12.1 Å². The number of rotatable bonds is 10. The van der Waals surface area contributed by atoms with E-state index < -0.39 is 11.7 Å². The maximum atomic E-state index is 12.9. The number of amides is 1. The van der Waals surface area contributed by atoms with Crippen LogP contribution >= 0.6 is 0 Å².